The molecule has 0 aliphatic carbocycles. The molecule has 2 aromatic carbocycles. The third-order valence-electron chi connectivity index (χ3n) is 4.51. The molecule has 1 N–H and O–H groups in total. The molecule has 148 valence electrons. The van der Waals surface area contributed by atoms with E-state index in [9.17, 15) is 10.5 Å². The summed E-state index contributed by atoms with van der Waals surface area (Å²) in [4.78, 5) is 6.64. The highest BCUT2D eigenvalue weighted by Crippen LogP contribution is 2.32. The molecule has 3 aromatic rings. The van der Waals surface area contributed by atoms with Crippen molar-refractivity contribution in [2.24, 2.45) is 0 Å². The highest BCUT2D eigenvalue weighted by molar-refractivity contribution is 6.04. The van der Waals surface area contributed by atoms with Gasteiger partial charge in [0.25, 0.3) is 11.4 Å². The molecule has 0 spiro atoms. The van der Waals surface area contributed by atoms with E-state index in [0.29, 0.717) is 27.9 Å². The fourth-order valence-corrected chi connectivity index (χ4v) is 3.14. The molecule has 0 amide bonds. The minimum atomic E-state index is -0.191. The molecule has 0 saturated carbocycles. The number of nitriles is 2. The van der Waals surface area contributed by atoms with E-state index in [1.54, 1.807) is 66.7 Å². The SMILES string of the molecule is [C-]#[N+]C(=C=N)c1c(C=CC=C(C#N)C(=C(C#N)[N+]#[C-])c2ccccc2)oc2ccccc12. The summed E-state index contributed by atoms with van der Waals surface area (Å²) < 4.78 is 5.83. The monoisotopic (exact) mass is 411 g/mol. The van der Waals surface area contributed by atoms with Gasteiger partial charge >= 0.3 is 0 Å². The number of para-hydroxylation sites is 1. The van der Waals surface area contributed by atoms with Crippen LogP contribution in [-0.2, 0) is 0 Å². The zero-order chi connectivity index (χ0) is 22.9. The van der Waals surface area contributed by atoms with E-state index in [2.05, 4.69) is 21.6 Å². The second-order valence-corrected chi connectivity index (χ2v) is 6.29. The Bertz CT molecular complexity index is 1480. The van der Waals surface area contributed by atoms with Gasteiger partial charge in [0.05, 0.1) is 30.9 Å². The molecule has 0 radical (unpaired) electrons. The van der Waals surface area contributed by atoms with Crippen LogP contribution < -0.4 is 0 Å². The van der Waals surface area contributed by atoms with E-state index in [-0.39, 0.29) is 22.5 Å². The third-order valence-corrected chi connectivity index (χ3v) is 4.51. The Labute approximate surface area is 184 Å². The first-order valence-corrected chi connectivity index (χ1v) is 9.23. The first kappa shape index (κ1) is 21.3. The van der Waals surface area contributed by atoms with Gasteiger partial charge in [0, 0.05) is 16.5 Å². The summed E-state index contributed by atoms with van der Waals surface area (Å²) in [6.45, 7) is 14.7. The van der Waals surface area contributed by atoms with Crippen LogP contribution in [0.3, 0.4) is 0 Å². The fourth-order valence-electron chi connectivity index (χ4n) is 3.14. The van der Waals surface area contributed by atoms with Gasteiger partial charge in [-0.3, -0.25) is 5.41 Å². The first-order valence-electron chi connectivity index (χ1n) is 9.23. The van der Waals surface area contributed by atoms with E-state index in [0.717, 1.165) is 0 Å². The van der Waals surface area contributed by atoms with E-state index >= 15 is 0 Å². The summed E-state index contributed by atoms with van der Waals surface area (Å²) in [7, 11) is 0. The van der Waals surface area contributed by atoms with Crippen LogP contribution in [0.2, 0.25) is 0 Å². The highest BCUT2D eigenvalue weighted by atomic mass is 16.3. The summed E-state index contributed by atoms with van der Waals surface area (Å²) in [5, 5.41) is 27.2. The maximum atomic E-state index is 9.73. The molecule has 0 fully saturated rings. The highest BCUT2D eigenvalue weighted by Gasteiger charge is 2.17. The van der Waals surface area contributed by atoms with Crippen LogP contribution in [0.4, 0.5) is 0 Å². The maximum Gasteiger partial charge on any atom is 0.270 e. The number of allylic oxidation sites excluding steroid dienone is 5. The predicted molar refractivity (Wildman–Crippen MR) is 122 cm³/mol. The van der Waals surface area contributed by atoms with Crippen molar-refractivity contribution >= 4 is 34.2 Å². The summed E-state index contributed by atoms with van der Waals surface area (Å²) >= 11 is 0. The van der Waals surface area contributed by atoms with Crippen LogP contribution in [0.25, 0.3) is 38.0 Å². The lowest BCUT2D eigenvalue weighted by Gasteiger charge is -2.06. The number of nitrogens with one attached hydrogen (secondary N) is 1. The van der Waals surface area contributed by atoms with Crippen molar-refractivity contribution in [3.05, 3.63) is 118 Å². The number of benzene rings is 2. The van der Waals surface area contributed by atoms with E-state index in [1.165, 1.54) is 6.08 Å². The summed E-state index contributed by atoms with van der Waals surface area (Å²) in [5.41, 5.74) is 1.74. The Morgan fingerprint density at radius 3 is 2.31 bits per heavy atom. The van der Waals surface area contributed by atoms with Crippen molar-refractivity contribution in [2.45, 2.75) is 0 Å². The maximum absolute atomic E-state index is 9.73. The molecule has 3 rings (SSSR count). The Morgan fingerprint density at radius 2 is 1.69 bits per heavy atom. The number of hydrogen-bond donors (Lipinski definition) is 1. The molecular formula is C26H13N5O. The average Bonchev–Trinajstić information content (AvgIpc) is 3.20. The van der Waals surface area contributed by atoms with Crippen LogP contribution in [-0.4, -0.2) is 5.87 Å². The van der Waals surface area contributed by atoms with Crippen molar-refractivity contribution < 1.29 is 4.42 Å². The smallest absolute Gasteiger partial charge is 0.270 e. The van der Waals surface area contributed by atoms with Crippen LogP contribution in [0.5, 0.6) is 0 Å². The van der Waals surface area contributed by atoms with Crippen molar-refractivity contribution in [2.75, 3.05) is 0 Å². The molecule has 6 heteroatoms. The molecule has 1 heterocycles. The van der Waals surface area contributed by atoms with E-state index in [4.69, 9.17) is 23.0 Å². The molecule has 0 atom stereocenters. The van der Waals surface area contributed by atoms with Crippen LogP contribution in [0.15, 0.2) is 82.4 Å². The van der Waals surface area contributed by atoms with Crippen LogP contribution in [0.1, 0.15) is 16.9 Å². The largest absolute Gasteiger partial charge is 0.457 e. The molecule has 0 unspecified atom stereocenters. The molecule has 6 nitrogen and oxygen atoms in total. The molecule has 0 aliphatic heterocycles. The summed E-state index contributed by atoms with van der Waals surface area (Å²) in [5.74, 6) is 2.48. The van der Waals surface area contributed by atoms with Crippen molar-refractivity contribution in [1.82, 2.24) is 0 Å². The van der Waals surface area contributed by atoms with Gasteiger partial charge in [-0.1, -0.05) is 54.6 Å². The minimum absolute atomic E-state index is 0.00345. The number of fused-ring (bicyclic) bond motifs is 1. The molecule has 1 aromatic heterocycles. The van der Waals surface area contributed by atoms with Gasteiger partial charge < -0.3 is 4.42 Å². The molecule has 0 aliphatic rings. The molecule has 0 bridgehead atoms. The Hall–Kier alpha value is -5.39. The zero-order valence-electron chi connectivity index (χ0n) is 16.6. The third kappa shape index (κ3) is 4.13. The molecule has 0 saturated heterocycles. The molecule has 32 heavy (non-hydrogen) atoms. The lowest BCUT2D eigenvalue weighted by molar-refractivity contribution is 0.603. The number of hydrogen-bond acceptors (Lipinski definition) is 4. The van der Waals surface area contributed by atoms with Gasteiger partial charge in [-0.15, -0.1) is 0 Å². The normalized spacial score (nSPS) is 11.6. The lowest BCUT2D eigenvalue weighted by Crippen LogP contribution is -1.91. The summed E-state index contributed by atoms with van der Waals surface area (Å²) in [6.07, 6.45) is 4.60. The molecular weight excluding hydrogens is 398 g/mol. The van der Waals surface area contributed by atoms with Gasteiger partial charge in [0.1, 0.15) is 11.3 Å². The van der Waals surface area contributed by atoms with E-state index in [1.807, 2.05) is 6.07 Å². The predicted octanol–water partition coefficient (Wildman–Crippen LogP) is 6.26. The van der Waals surface area contributed by atoms with Gasteiger partial charge in [-0.25, -0.2) is 15.0 Å². The van der Waals surface area contributed by atoms with Gasteiger partial charge in [-0.2, -0.15) is 5.26 Å². The summed E-state index contributed by atoms with van der Waals surface area (Å²) in [6, 6.07) is 19.8. The van der Waals surface area contributed by atoms with Crippen LogP contribution in [0, 0.1) is 41.2 Å². The average molecular weight is 411 g/mol. The minimum Gasteiger partial charge on any atom is -0.457 e. The van der Waals surface area contributed by atoms with Crippen molar-refractivity contribution in [3.8, 4) is 12.1 Å². The lowest BCUT2D eigenvalue weighted by atomic mass is 9.96. The first-order chi connectivity index (χ1) is 15.7. The van der Waals surface area contributed by atoms with Gasteiger partial charge in [-0.05, 0) is 29.7 Å². The zero-order valence-corrected chi connectivity index (χ0v) is 16.6. The van der Waals surface area contributed by atoms with Crippen molar-refractivity contribution in [3.63, 3.8) is 0 Å². The Kier molecular flexibility index (Phi) is 6.59. The van der Waals surface area contributed by atoms with Gasteiger partial charge in [0.2, 0.25) is 0 Å². The topological polar surface area (TPSA) is 93.3 Å². The van der Waals surface area contributed by atoms with Crippen LogP contribution >= 0.6 is 0 Å². The van der Waals surface area contributed by atoms with E-state index < -0.39 is 0 Å². The number of rotatable bonds is 5. The van der Waals surface area contributed by atoms with Gasteiger partial charge in [0.15, 0.2) is 0 Å². The Balaban J connectivity index is 2.15. The second kappa shape index (κ2) is 9.89. The number of furan rings is 1. The standard InChI is InChI=1S/C26H13N5O/c1-30-21(16-28)25(18-9-4-3-5-10-18)19(15-27)11-8-14-24-26(22(17-29)31-2)20-12-6-7-13-23(20)32-24/h3-14,29H. The second-order valence-electron chi connectivity index (χ2n) is 6.29. The van der Waals surface area contributed by atoms with Crippen molar-refractivity contribution in [1.29, 1.82) is 15.9 Å². The fraction of sp³-hybridized carbons (Fsp3) is 0. The Morgan fingerprint density at radius 1 is 0.969 bits per heavy atom. The number of nitrogens with zero attached hydrogens (tertiary/aromatic N) is 4. The quantitative estimate of drug-likeness (QED) is 0.232.